The second-order valence-corrected chi connectivity index (χ2v) is 5.24. The van der Waals surface area contributed by atoms with Gasteiger partial charge in [-0.2, -0.15) is 5.10 Å². The van der Waals surface area contributed by atoms with Crippen molar-refractivity contribution in [3.63, 3.8) is 0 Å². The van der Waals surface area contributed by atoms with Crippen LogP contribution in [0.2, 0.25) is 0 Å². The lowest BCUT2D eigenvalue weighted by Crippen LogP contribution is -2.18. The molecule has 0 aliphatic heterocycles. The lowest BCUT2D eigenvalue weighted by molar-refractivity contribution is 0.0929. The monoisotopic (exact) mass is 322 g/mol. The summed E-state index contributed by atoms with van der Waals surface area (Å²) in [5, 5.41) is 5.02. The predicted octanol–water partition coefficient (Wildman–Crippen LogP) is 3.99. The van der Waals surface area contributed by atoms with Gasteiger partial charge in [-0.25, -0.2) is 5.43 Å². The molecule has 1 N–H and O–H groups in total. The maximum Gasteiger partial charge on any atom is 0.307 e. The molecule has 3 rings (SSSR count). The van der Waals surface area contributed by atoms with E-state index in [0.29, 0.717) is 17.9 Å². The van der Waals surface area contributed by atoms with Crippen LogP contribution in [0.1, 0.15) is 30.0 Å². The number of benzene rings is 2. The number of nitrogens with zero attached hydrogens (tertiary/aromatic N) is 1. The van der Waals surface area contributed by atoms with Crippen LogP contribution in [0, 0.1) is 0 Å². The molecular formula is C19H18N2O3. The van der Waals surface area contributed by atoms with Gasteiger partial charge in [0.25, 0.3) is 0 Å². The number of nitrogens with one attached hydrogen (secondary N) is 1. The zero-order chi connectivity index (χ0) is 16.9. The molecule has 0 spiro atoms. The molecule has 0 saturated heterocycles. The van der Waals surface area contributed by atoms with Crippen LogP contribution < -0.4 is 10.2 Å². The number of rotatable bonds is 5. The molecule has 0 fully saturated rings. The Morgan fingerprint density at radius 2 is 1.92 bits per heavy atom. The number of hydrazone groups is 1. The number of fused-ring (bicyclic) bond motifs is 1. The van der Waals surface area contributed by atoms with Crippen LogP contribution in [0.15, 0.2) is 64.1 Å². The van der Waals surface area contributed by atoms with Crippen LogP contribution in [0.4, 0.5) is 0 Å². The Morgan fingerprint density at radius 1 is 1.17 bits per heavy atom. The minimum absolute atomic E-state index is 0.236. The highest BCUT2D eigenvalue weighted by atomic mass is 16.5. The fourth-order valence-electron chi connectivity index (χ4n) is 2.31. The van der Waals surface area contributed by atoms with Crippen molar-refractivity contribution in [3.05, 3.63) is 65.9 Å². The van der Waals surface area contributed by atoms with Gasteiger partial charge in [0.1, 0.15) is 11.3 Å². The predicted molar refractivity (Wildman–Crippen MR) is 93.5 cm³/mol. The molecule has 1 amide bonds. The van der Waals surface area contributed by atoms with Crippen molar-refractivity contribution < 1.29 is 13.9 Å². The highest BCUT2D eigenvalue weighted by molar-refractivity contribution is 6.01. The summed E-state index contributed by atoms with van der Waals surface area (Å²) in [4.78, 5) is 12.2. The summed E-state index contributed by atoms with van der Waals surface area (Å²) in [6.45, 7) is 4.39. The smallest absolute Gasteiger partial charge is 0.307 e. The third-order valence-electron chi connectivity index (χ3n) is 3.56. The van der Waals surface area contributed by atoms with Gasteiger partial charge < -0.3 is 9.15 Å². The molecule has 24 heavy (non-hydrogen) atoms. The van der Waals surface area contributed by atoms with E-state index in [1.54, 1.807) is 6.07 Å². The summed E-state index contributed by atoms with van der Waals surface area (Å²) in [5.74, 6) is 0.663. The minimum Gasteiger partial charge on any atom is -0.494 e. The SMILES string of the molecule is CCOc1ccc(/C(C)=N\NC(=O)c2cc3ccccc3o2)cc1. The summed E-state index contributed by atoms with van der Waals surface area (Å²) < 4.78 is 10.9. The van der Waals surface area contributed by atoms with E-state index in [9.17, 15) is 4.79 Å². The van der Waals surface area contributed by atoms with Crippen molar-refractivity contribution >= 4 is 22.6 Å². The quantitative estimate of drug-likeness (QED) is 0.571. The van der Waals surface area contributed by atoms with Crippen LogP contribution in [0.5, 0.6) is 5.75 Å². The Morgan fingerprint density at radius 3 is 2.62 bits per heavy atom. The van der Waals surface area contributed by atoms with Crippen LogP contribution >= 0.6 is 0 Å². The van der Waals surface area contributed by atoms with Crippen molar-refractivity contribution in [2.75, 3.05) is 6.61 Å². The first-order valence-corrected chi connectivity index (χ1v) is 7.74. The molecular weight excluding hydrogens is 304 g/mol. The van der Waals surface area contributed by atoms with E-state index in [4.69, 9.17) is 9.15 Å². The third-order valence-corrected chi connectivity index (χ3v) is 3.56. The van der Waals surface area contributed by atoms with Crippen molar-refractivity contribution in [1.29, 1.82) is 0 Å². The first kappa shape index (κ1) is 15.8. The van der Waals surface area contributed by atoms with Crippen LogP contribution in [0.3, 0.4) is 0 Å². The minimum atomic E-state index is -0.378. The third kappa shape index (κ3) is 3.46. The van der Waals surface area contributed by atoms with Gasteiger partial charge in [-0.1, -0.05) is 18.2 Å². The van der Waals surface area contributed by atoms with Crippen molar-refractivity contribution in [3.8, 4) is 5.75 Å². The van der Waals surface area contributed by atoms with Crippen LogP contribution in [0.25, 0.3) is 11.0 Å². The molecule has 0 radical (unpaired) electrons. The Hall–Kier alpha value is -3.08. The number of carbonyl (C=O) groups excluding carboxylic acids is 1. The summed E-state index contributed by atoms with van der Waals surface area (Å²) in [5.41, 5.74) is 4.80. The standard InChI is InChI=1S/C19H18N2O3/c1-3-23-16-10-8-14(9-11-16)13(2)20-21-19(22)18-12-15-6-4-5-7-17(15)24-18/h4-12H,3H2,1-2H3,(H,21,22)/b20-13-. The highest BCUT2D eigenvalue weighted by Gasteiger charge is 2.11. The molecule has 0 atom stereocenters. The van der Waals surface area contributed by atoms with E-state index in [1.165, 1.54) is 0 Å². The summed E-state index contributed by atoms with van der Waals surface area (Å²) in [7, 11) is 0. The Bertz CT molecular complexity index is 846. The molecule has 0 aliphatic rings. The zero-order valence-corrected chi connectivity index (χ0v) is 13.6. The van der Waals surface area contributed by atoms with E-state index in [1.807, 2.05) is 62.4 Å². The summed E-state index contributed by atoms with van der Waals surface area (Å²) in [6, 6.07) is 16.7. The van der Waals surface area contributed by atoms with E-state index in [0.717, 1.165) is 16.7 Å². The molecule has 5 heteroatoms. The van der Waals surface area contributed by atoms with E-state index in [-0.39, 0.29) is 11.7 Å². The van der Waals surface area contributed by atoms with Crippen molar-refractivity contribution in [1.82, 2.24) is 5.43 Å². The second-order valence-electron chi connectivity index (χ2n) is 5.24. The number of hydrogen-bond acceptors (Lipinski definition) is 4. The number of furan rings is 1. The molecule has 1 heterocycles. The maximum absolute atomic E-state index is 12.2. The van der Waals surface area contributed by atoms with Gasteiger partial charge in [0.05, 0.1) is 12.3 Å². The first-order valence-electron chi connectivity index (χ1n) is 7.74. The van der Waals surface area contributed by atoms with Gasteiger partial charge >= 0.3 is 5.91 Å². The lowest BCUT2D eigenvalue weighted by Gasteiger charge is -2.05. The second kappa shape index (κ2) is 7.00. The fourth-order valence-corrected chi connectivity index (χ4v) is 2.31. The number of amides is 1. The number of carbonyl (C=O) groups is 1. The first-order chi connectivity index (χ1) is 11.7. The maximum atomic E-state index is 12.2. The number of ether oxygens (including phenoxy) is 1. The molecule has 0 unspecified atom stereocenters. The van der Waals surface area contributed by atoms with E-state index < -0.39 is 0 Å². The van der Waals surface area contributed by atoms with Gasteiger partial charge in [0.15, 0.2) is 5.76 Å². The molecule has 1 aromatic heterocycles. The Balaban J connectivity index is 1.70. The van der Waals surface area contributed by atoms with Crippen molar-refractivity contribution in [2.45, 2.75) is 13.8 Å². The molecule has 0 aliphatic carbocycles. The summed E-state index contributed by atoms with van der Waals surface area (Å²) in [6.07, 6.45) is 0. The highest BCUT2D eigenvalue weighted by Crippen LogP contribution is 2.18. The van der Waals surface area contributed by atoms with Gasteiger partial charge in [-0.05, 0) is 55.8 Å². The molecule has 2 aromatic carbocycles. The fraction of sp³-hybridized carbons (Fsp3) is 0.158. The number of para-hydroxylation sites is 1. The topological polar surface area (TPSA) is 63.8 Å². The average molecular weight is 322 g/mol. The zero-order valence-electron chi connectivity index (χ0n) is 13.6. The van der Waals surface area contributed by atoms with Gasteiger partial charge in [0, 0.05) is 5.39 Å². The van der Waals surface area contributed by atoms with Crippen LogP contribution in [-0.2, 0) is 0 Å². The van der Waals surface area contributed by atoms with E-state index >= 15 is 0 Å². The molecule has 0 saturated carbocycles. The van der Waals surface area contributed by atoms with E-state index in [2.05, 4.69) is 10.5 Å². The average Bonchev–Trinajstić information content (AvgIpc) is 3.04. The van der Waals surface area contributed by atoms with Crippen molar-refractivity contribution in [2.24, 2.45) is 5.10 Å². The lowest BCUT2D eigenvalue weighted by atomic mass is 10.1. The molecule has 5 nitrogen and oxygen atoms in total. The van der Waals surface area contributed by atoms with Gasteiger partial charge in [0.2, 0.25) is 0 Å². The van der Waals surface area contributed by atoms with Gasteiger partial charge in [-0.3, -0.25) is 4.79 Å². The Kier molecular flexibility index (Phi) is 4.61. The molecule has 122 valence electrons. The Labute approximate surface area is 139 Å². The van der Waals surface area contributed by atoms with Gasteiger partial charge in [-0.15, -0.1) is 0 Å². The molecule has 0 bridgehead atoms. The molecule has 3 aromatic rings. The largest absolute Gasteiger partial charge is 0.494 e. The summed E-state index contributed by atoms with van der Waals surface area (Å²) >= 11 is 0. The normalized spacial score (nSPS) is 11.5. The number of hydrogen-bond donors (Lipinski definition) is 1. The van der Waals surface area contributed by atoms with Crippen LogP contribution in [-0.4, -0.2) is 18.2 Å².